The molecule has 0 bridgehead atoms. The van der Waals surface area contributed by atoms with E-state index >= 15 is 0 Å². The molecule has 2 rings (SSSR count). The number of H-pyrrole nitrogens is 1. The summed E-state index contributed by atoms with van der Waals surface area (Å²) in [5.74, 6) is 0. The minimum atomic E-state index is -0.434. The molecular formula is C9H13FN2O. The molecule has 4 heteroatoms. The SMILES string of the molecule is COC1CN(c2cc[nH]c2CF)C1. The molecule has 3 nitrogen and oxygen atoms in total. The molecule has 1 saturated heterocycles. The number of anilines is 1. The van der Waals surface area contributed by atoms with Gasteiger partial charge in [0.1, 0.15) is 6.67 Å². The van der Waals surface area contributed by atoms with Crippen LogP contribution in [0.3, 0.4) is 0 Å². The third-order valence-electron chi connectivity index (χ3n) is 2.46. The predicted octanol–water partition coefficient (Wildman–Crippen LogP) is 1.32. The Hall–Kier alpha value is -1.03. The summed E-state index contributed by atoms with van der Waals surface area (Å²) in [6, 6.07) is 1.90. The molecule has 0 aliphatic carbocycles. The summed E-state index contributed by atoms with van der Waals surface area (Å²) in [5.41, 5.74) is 1.63. The predicted molar refractivity (Wildman–Crippen MR) is 48.6 cm³/mol. The van der Waals surface area contributed by atoms with E-state index in [1.807, 2.05) is 6.07 Å². The summed E-state index contributed by atoms with van der Waals surface area (Å²) in [5, 5.41) is 0. The first-order valence-corrected chi connectivity index (χ1v) is 4.35. The molecule has 72 valence electrons. The lowest BCUT2D eigenvalue weighted by molar-refractivity contribution is 0.0786. The van der Waals surface area contributed by atoms with Crippen LogP contribution in [0.15, 0.2) is 12.3 Å². The highest BCUT2D eigenvalue weighted by Crippen LogP contribution is 2.25. The minimum absolute atomic E-state index is 0.308. The second kappa shape index (κ2) is 3.38. The van der Waals surface area contributed by atoms with Crippen LogP contribution in [0.25, 0.3) is 0 Å². The first kappa shape index (κ1) is 8.56. The quantitative estimate of drug-likeness (QED) is 0.767. The van der Waals surface area contributed by atoms with Crippen LogP contribution >= 0.6 is 0 Å². The molecule has 0 saturated carbocycles. The first-order chi connectivity index (χ1) is 6.35. The Labute approximate surface area is 76.5 Å². The lowest BCUT2D eigenvalue weighted by Crippen LogP contribution is -2.52. The molecule has 1 fully saturated rings. The van der Waals surface area contributed by atoms with Gasteiger partial charge in [-0.05, 0) is 6.07 Å². The molecule has 0 radical (unpaired) electrons. The van der Waals surface area contributed by atoms with Crippen molar-refractivity contribution in [1.29, 1.82) is 0 Å². The highest BCUT2D eigenvalue weighted by molar-refractivity contribution is 5.53. The Balaban J connectivity index is 2.02. The maximum absolute atomic E-state index is 12.4. The van der Waals surface area contributed by atoms with Crippen LogP contribution in [0.1, 0.15) is 5.69 Å². The average molecular weight is 184 g/mol. The van der Waals surface area contributed by atoms with Crippen LogP contribution < -0.4 is 4.90 Å². The van der Waals surface area contributed by atoms with E-state index in [1.165, 1.54) is 0 Å². The summed E-state index contributed by atoms with van der Waals surface area (Å²) in [6.45, 7) is 1.29. The normalized spacial score (nSPS) is 17.5. The highest BCUT2D eigenvalue weighted by atomic mass is 19.1. The van der Waals surface area contributed by atoms with Gasteiger partial charge in [-0.25, -0.2) is 4.39 Å². The molecule has 2 heterocycles. The smallest absolute Gasteiger partial charge is 0.131 e. The number of aromatic amines is 1. The van der Waals surface area contributed by atoms with Crippen LogP contribution in [0, 0.1) is 0 Å². The van der Waals surface area contributed by atoms with Gasteiger partial charge in [0, 0.05) is 26.4 Å². The van der Waals surface area contributed by atoms with Crippen molar-refractivity contribution in [2.45, 2.75) is 12.8 Å². The number of nitrogens with zero attached hydrogens (tertiary/aromatic N) is 1. The topological polar surface area (TPSA) is 28.3 Å². The molecule has 0 amide bonds. The fourth-order valence-corrected chi connectivity index (χ4v) is 1.58. The maximum Gasteiger partial charge on any atom is 0.131 e. The van der Waals surface area contributed by atoms with Gasteiger partial charge in [-0.3, -0.25) is 0 Å². The summed E-state index contributed by atoms with van der Waals surface area (Å²) < 4.78 is 17.6. The van der Waals surface area contributed by atoms with Gasteiger partial charge in [0.2, 0.25) is 0 Å². The van der Waals surface area contributed by atoms with E-state index in [9.17, 15) is 4.39 Å². The summed E-state index contributed by atoms with van der Waals surface area (Å²) in [7, 11) is 1.70. The molecule has 1 aromatic heterocycles. The standard InChI is InChI=1S/C9H13FN2O/c1-13-7-5-12(6-7)9-2-3-11-8(9)4-10/h2-3,7,11H,4-6H2,1H3. The summed E-state index contributed by atoms with van der Waals surface area (Å²) in [4.78, 5) is 4.99. The molecule has 1 aromatic rings. The van der Waals surface area contributed by atoms with Crippen molar-refractivity contribution in [3.63, 3.8) is 0 Å². The van der Waals surface area contributed by atoms with Crippen molar-refractivity contribution < 1.29 is 9.13 Å². The van der Waals surface area contributed by atoms with Crippen LogP contribution in [0.4, 0.5) is 10.1 Å². The Morgan fingerprint density at radius 3 is 3.08 bits per heavy atom. The number of nitrogens with one attached hydrogen (secondary N) is 1. The number of ether oxygens (including phenoxy) is 1. The molecule has 13 heavy (non-hydrogen) atoms. The maximum atomic E-state index is 12.4. The van der Waals surface area contributed by atoms with E-state index in [-0.39, 0.29) is 0 Å². The van der Waals surface area contributed by atoms with Crippen molar-refractivity contribution in [2.24, 2.45) is 0 Å². The van der Waals surface area contributed by atoms with Crippen LogP contribution in [0.2, 0.25) is 0 Å². The third kappa shape index (κ3) is 1.42. The van der Waals surface area contributed by atoms with Crippen LogP contribution in [-0.2, 0) is 11.4 Å². The zero-order chi connectivity index (χ0) is 9.26. The summed E-state index contributed by atoms with van der Waals surface area (Å²) in [6.07, 6.45) is 2.08. The molecule has 0 atom stereocenters. The van der Waals surface area contributed by atoms with E-state index in [2.05, 4.69) is 9.88 Å². The number of methoxy groups -OCH3 is 1. The van der Waals surface area contributed by atoms with Gasteiger partial charge in [-0.15, -0.1) is 0 Å². The molecule has 1 aliphatic heterocycles. The molecule has 1 aliphatic rings. The van der Waals surface area contributed by atoms with Crippen molar-refractivity contribution >= 4 is 5.69 Å². The van der Waals surface area contributed by atoms with Crippen molar-refractivity contribution in [2.75, 3.05) is 25.1 Å². The molecule has 1 N–H and O–H groups in total. The van der Waals surface area contributed by atoms with Gasteiger partial charge in [0.15, 0.2) is 0 Å². The van der Waals surface area contributed by atoms with E-state index in [0.29, 0.717) is 11.8 Å². The monoisotopic (exact) mass is 184 g/mol. The Morgan fingerprint density at radius 1 is 1.69 bits per heavy atom. The van der Waals surface area contributed by atoms with Gasteiger partial charge in [-0.2, -0.15) is 0 Å². The zero-order valence-electron chi connectivity index (χ0n) is 7.59. The van der Waals surface area contributed by atoms with Crippen molar-refractivity contribution in [3.05, 3.63) is 18.0 Å². The number of rotatable bonds is 3. The average Bonchev–Trinajstić information content (AvgIpc) is 2.50. The summed E-state index contributed by atoms with van der Waals surface area (Å²) >= 11 is 0. The van der Waals surface area contributed by atoms with Crippen LogP contribution in [-0.4, -0.2) is 31.3 Å². The van der Waals surface area contributed by atoms with E-state index in [1.54, 1.807) is 13.3 Å². The lowest BCUT2D eigenvalue weighted by atomic mass is 10.1. The zero-order valence-corrected chi connectivity index (χ0v) is 7.59. The Bertz CT molecular complexity index is 281. The second-order valence-corrected chi connectivity index (χ2v) is 3.24. The number of hydrogen-bond donors (Lipinski definition) is 1. The molecule has 0 spiro atoms. The van der Waals surface area contributed by atoms with Gasteiger partial charge >= 0.3 is 0 Å². The van der Waals surface area contributed by atoms with Crippen molar-refractivity contribution in [3.8, 4) is 0 Å². The van der Waals surface area contributed by atoms with Gasteiger partial charge in [-0.1, -0.05) is 0 Å². The first-order valence-electron chi connectivity index (χ1n) is 4.35. The Kier molecular flexibility index (Phi) is 2.22. The third-order valence-corrected chi connectivity index (χ3v) is 2.46. The number of alkyl halides is 1. The van der Waals surface area contributed by atoms with Crippen LogP contribution in [0.5, 0.6) is 0 Å². The lowest BCUT2D eigenvalue weighted by Gasteiger charge is -2.39. The highest BCUT2D eigenvalue weighted by Gasteiger charge is 2.28. The fraction of sp³-hybridized carbons (Fsp3) is 0.556. The largest absolute Gasteiger partial charge is 0.378 e. The second-order valence-electron chi connectivity index (χ2n) is 3.24. The minimum Gasteiger partial charge on any atom is -0.378 e. The number of hydrogen-bond acceptors (Lipinski definition) is 2. The molecule has 0 aromatic carbocycles. The van der Waals surface area contributed by atoms with Gasteiger partial charge in [0.25, 0.3) is 0 Å². The number of halogens is 1. The van der Waals surface area contributed by atoms with E-state index < -0.39 is 6.67 Å². The van der Waals surface area contributed by atoms with Gasteiger partial charge in [0.05, 0.1) is 17.5 Å². The Morgan fingerprint density at radius 2 is 2.46 bits per heavy atom. The van der Waals surface area contributed by atoms with E-state index in [4.69, 9.17) is 4.74 Å². The molecular weight excluding hydrogens is 171 g/mol. The van der Waals surface area contributed by atoms with Gasteiger partial charge < -0.3 is 14.6 Å². The van der Waals surface area contributed by atoms with E-state index in [0.717, 1.165) is 18.8 Å². The van der Waals surface area contributed by atoms with Crippen molar-refractivity contribution in [1.82, 2.24) is 4.98 Å². The fourth-order valence-electron chi connectivity index (χ4n) is 1.58. The molecule has 0 unspecified atom stereocenters. The number of aromatic nitrogens is 1.